The number of methoxy groups -OCH3 is 1. The van der Waals surface area contributed by atoms with Crippen LogP contribution in [0.3, 0.4) is 0 Å². The van der Waals surface area contributed by atoms with Crippen molar-refractivity contribution in [3.63, 3.8) is 0 Å². The molecule has 2 aromatic carbocycles. The zero-order valence-electron chi connectivity index (χ0n) is 14.4. The minimum atomic E-state index is -3.67. The molecule has 1 atom stereocenters. The zero-order valence-corrected chi connectivity index (χ0v) is 16.1. The van der Waals surface area contributed by atoms with Crippen molar-refractivity contribution in [2.24, 2.45) is 0 Å². The molecule has 3 rings (SSSR count). The molecule has 0 amide bonds. The number of hydrogen-bond acceptors (Lipinski definition) is 7. The molecular weight excluding hydrogens is 378 g/mol. The van der Waals surface area contributed by atoms with Gasteiger partial charge in [-0.3, -0.25) is 4.57 Å². The number of nitrogens with zero attached hydrogens (tertiary/aromatic N) is 1. The summed E-state index contributed by atoms with van der Waals surface area (Å²) in [7, 11) is 0.447. The number of nitrogens with one attached hydrogen (secondary N) is 1. The Morgan fingerprint density at radius 2 is 1.88 bits per heavy atom. The van der Waals surface area contributed by atoms with E-state index in [9.17, 15) is 8.96 Å². The van der Waals surface area contributed by atoms with Gasteiger partial charge in [-0.05, 0) is 24.3 Å². The number of fused-ring (bicyclic) bond motifs is 1. The summed E-state index contributed by atoms with van der Waals surface area (Å²) in [6, 6.07) is 11.5. The second kappa shape index (κ2) is 7.72. The Morgan fingerprint density at radius 1 is 1.15 bits per heavy atom. The Balaban J connectivity index is 2.03. The van der Waals surface area contributed by atoms with Crippen molar-refractivity contribution >= 4 is 34.3 Å². The second-order valence-corrected chi connectivity index (χ2v) is 8.68. The van der Waals surface area contributed by atoms with Gasteiger partial charge in [-0.25, -0.2) is 9.37 Å². The second-order valence-electron chi connectivity index (χ2n) is 5.33. The van der Waals surface area contributed by atoms with E-state index < -0.39 is 19.2 Å². The van der Waals surface area contributed by atoms with Gasteiger partial charge in [0.1, 0.15) is 11.6 Å². The van der Waals surface area contributed by atoms with Gasteiger partial charge in [0.25, 0.3) is 0 Å². The number of thiazole rings is 1. The van der Waals surface area contributed by atoms with Crippen LogP contribution in [0.2, 0.25) is 0 Å². The number of benzene rings is 2. The molecule has 1 N–H and O–H groups in total. The van der Waals surface area contributed by atoms with Crippen molar-refractivity contribution in [3.05, 3.63) is 53.8 Å². The van der Waals surface area contributed by atoms with Crippen LogP contribution < -0.4 is 10.1 Å². The highest BCUT2D eigenvalue weighted by molar-refractivity contribution is 7.54. The summed E-state index contributed by atoms with van der Waals surface area (Å²) >= 11 is 1.34. The predicted octanol–water partition coefficient (Wildman–Crippen LogP) is 5.04. The lowest BCUT2D eigenvalue weighted by atomic mass is 10.2. The molecule has 138 valence electrons. The molecule has 1 unspecified atom stereocenters. The first kappa shape index (κ1) is 18.8. The van der Waals surface area contributed by atoms with Gasteiger partial charge in [-0.1, -0.05) is 29.5 Å². The lowest BCUT2D eigenvalue weighted by molar-refractivity contribution is 0.268. The quantitative estimate of drug-likeness (QED) is 0.564. The van der Waals surface area contributed by atoms with Crippen molar-refractivity contribution < 1.29 is 22.7 Å². The van der Waals surface area contributed by atoms with Crippen molar-refractivity contribution in [2.75, 3.05) is 26.6 Å². The molecule has 0 bridgehead atoms. The van der Waals surface area contributed by atoms with Crippen LogP contribution in [0, 0.1) is 5.82 Å². The van der Waals surface area contributed by atoms with E-state index in [0.717, 1.165) is 10.2 Å². The number of hydrogen-bond donors (Lipinski definition) is 1. The molecule has 0 aliphatic heterocycles. The summed E-state index contributed by atoms with van der Waals surface area (Å²) in [6.45, 7) is 0. The highest BCUT2D eigenvalue weighted by Crippen LogP contribution is 2.60. The minimum Gasteiger partial charge on any atom is -0.497 e. The third kappa shape index (κ3) is 3.59. The maximum Gasteiger partial charge on any atom is 0.356 e. The van der Waals surface area contributed by atoms with Gasteiger partial charge in [-0.2, -0.15) is 0 Å². The summed E-state index contributed by atoms with van der Waals surface area (Å²) in [5, 5.41) is 3.49. The van der Waals surface area contributed by atoms with E-state index >= 15 is 0 Å². The SMILES string of the molecule is COc1ccc2nc(NC(c3ccccc3F)P(=O)(OC)OC)sc2c1. The first-order chi connectivity index (χ1) is 12.5. The fraction of sp³-hybridized carbons (Fsp3) is 0.235. The smallest absolute Gasteiger partial charge is 0.356 e. The molecule has 0 fully saturated rings. The van der Waals surface area contributed by atoms with E-state index in [1.54, 1.807) is 25.3 Å². The van der Waals surface area contributed by atoms with Crippen LogP contribution in [0.25, 0.3) is 10.2 Å². The Morgan fingerprint density at radius 3 is 2.54 bits per heavy atom. The fourth-order valence-corrected chi connectivity index (χ4v) is 4.93. The topological polar surface area (TPSA) is 69.7 Å². The fourth-order valence-electron chi connectivity index (χ4n) is 2.52. The van der Waals surface area contributed by atoms with Crippen LogP contribution in [0.1, 0.15) is 11.3 Å². The first-order valence-corrected chi connectivity index (χ1v) is 10.1. The molecule has 0 aliphatic rings. The molecule has 1 heterocycles. The minimum absolute atomic E-state index is 0.177. The molecule has 1 aromatic heterocycles. The van der Waals surface area contributed by atoms with Crippen molar-refractivity contribution in [2.45, 2.75) is 5.78 Å². The molecule has 0 radical (unpaired) electrons. The van der Waals surface area contributed by atoms with Gasteiger partial charge >= 0.3 is 7.60 Å². The van der Waals surface area contributed by atoms with Gasteiger partial charge in [0.15, 0.2) is 10.9 Å². The molecular formula is C17H18FN2O4PS. The highest BCUT2D eigenvalue weighted by atomic mass is 32.1. The molecule has 0 spiro atoms. The summed E-state index contributed by atoms with van der Waals surface area (Å²) in [4.78, 5) is 4.46. The lowest BCUT2D eigenvalue weighted by Gasteiger charge is -2.25. The summed E-state index contributed by atoms with van der Waals surface area (Å²) < 4.78 is 43.6. The van der Waals surface area contributed by atoms with Crippen LogP contribution in [-0.2, 0) is 13.6 Å². The standard InChI is InChI=1S/C17H18FN2O4PS/c1-22-11-8-9-14-15(10-11)26-17(19-14)20-16(25(21,23-2)24-3)12-6-4-5-7-13(12)18/h4-10,16H,1-3H3,(H,19,20). The third-order valence-electron chi connectivity index (χ3n) is 3.88. The lowest BCUT2D eigenvalue weighted by Crippen LogP contribution is -2.15. The average Bonchev–Trinajstić information content (AvgIpc) is 3.07. The van der Waals surface area contributed by atoms with Crippen LogP contribution in [-0.4, -0.2) is 26.3 Å². The predicted molar refractivity (Wildman–Crippen MR) is 101 cm³/mol. The maximum atomic E-state index is 14.3. The van der Waals surface area contributed by atoms with Crippen molar-refractivity contribution in [1.29, 1.82) is 0 Å². The van der Waals surface area contributed by atoms with E-state index in [0.29, 0.717) is 10.9 Å². The molecule has 3 aromatic rings. The molecule has 6 nitrogen and oxygen atoms in total. The van der Waals surface area contributed by atoms with Gasteiger partial charge in [0, 0.05) is 19.8 Å². The van der Waals surface area contributed by atoms with Crippen molar-refractivity contribution in [3.8, 4) is 5.75 Å². The Kier molecular flexibility index (Phi) is 5.58. The number of aromatic nitrogens is 1. The molecule has 0 saturated carbocycles. The number of ether oxygens (including phenoxy) is 1. The Hall–Kier alpha value is -1.99. The van der Waals surface area contributed by atoms with E-state index in [2.05, 4.69) is 10.3 Å². The van der Waals surface area contributed by atoms with E-state index in [1.165, 1.54) is 37.7 Å². The van der Waals surface area contributed by atoms with E-state index in [-0.39, 0.29) is 5.56 Å². The van der Waals surface area contributed by atoms with Crippen LogP contribution >= 0.6 is 18.9 Å². The van der Waals surface area contributed by atoms with Crippen LogP contribution in [0.4, 0.5) is 9.52 Å². The highest BCUT2D eigenvalue weighted by Gasteiger charge is 2.37. The normalized spacial score (nSPS) is 12.9. The summed E-state index contributed by atoms with van der Waals surface area (Å²) in [6.07, 6.45) is 0. The number of rotatable bonds is 7. The largest absolute Gasteiger partial charge is 0.497 e. The third-order valence-corrected chi connectivity index (χ3v) is 6.89. The number of halogens is 1. The Labute approximate surface area is 154 Å². The van der Waals surface area contributed by atoms with Gasteiger partial charge < -0.3 is 19.1 Å². The number of anilines is 1. The molecule has 0 aliphatic carbocycles. The summed E-state index contributed by atoms with van der Waals surface area (Å²) in [5.41, 5.74) is 0.923. The van der Waals surface area contributed by atoms with Crippen molar-refractivity contribution in [1.82, 2.24) is 4.98 Å². The monoisotopic (exact) mass is 396 g/mol. The zero-order chi connectivity index (χ0) is 18.7. The first-order valence-electron chi connectivity index (χ1n) is 7.67. The van der Waals surface area contributed by atoms with Gasteiger partial charge in [-0.15, -0.1) is 0 Å². The molecule has 9 heteroatoms. The van der Waals surface area contributed by atoms with Gasteiger partial charge in [0.2, 0.25) is 0 Å². The average molecular weight is 396 g/mol. The van der Waals surface area contributed by atoms with Crippen LogP contribution in [0.15, 0.2) is 42.5 Å². The van der Waals surface area contributed by atoms with Gasteiger partial charge in [0.05, 0.1) is 17.3 Å². The summed E-state index contributed by atoms with van der Waals surface area (Å²) in [5.74, 6) is -0.846. The van der Waals surface area contributed by atoms with E-state index in [4.69, 9.17) is 13.8 Å². The van der Waals surface area contributed by atoms with Crippen LogP contribution in [0.5, 0.6) is 5.75 Å². The maximum absolute atomic E-state index is 14.3. The Bertz CT molecular complexity index is 957. The van der Waals surface area contributed by atoms with E-state index in [1.807, 2.05) is 12.1 Å². The molecule has 0 saturated heterocycles. The molecule has 26 heavy (non-hydrogen) atoms.